The molecule has 1 fully saturated rings. The van der Waals surface area contributed by atoms with Gasteiger partial charge in [-0.15, -0.1) is 0 Å². The van der Waals surface area contributed by atoms with E-state index in [1.807, 2.05) is 13.8 Å². The van der Waals surface area contributed by atoms with E-state index in [1.54, 1.807) is 7.11 Å². The van der Waals surface area contributed by atoms with E-state index in [4.69, 9.17) is 9.47 Å². The number of carbonyl (C=O) groups is 1. The SMILES string of the molecule is COCCSC(=O)C(C)(C)COC1CC1(C)C. The third-order valence-corrected chi connectivity index (χ3v) is 4.33. The Kier molecular flexibility index (Phi) is 5.05. The molecule has 0 heterocycles. The molecule has 0 amide bonds. The zero-order valence-electron chi connectivity index (χ0n) is 11.5. The normalized spacial score (nSPS) is 22.5. The molecule has 1 aliphatic rings. The van der Waals surface area contributed by atoms with E-state index in [0.717, 1.165) is 6.42 Å². The molecule has 0 aromatic heterocycles. The Hall–Kier alpha value is -0.0600. The van der Waals surface area contributed by atoms with Crippen molar-refractivity contribution in [1.29, 1.82) is 0 Å². The monoisotopic (exact) mass is 260 g/mol. The molecule has 1 saturated carbocycles. The summed E-state index contributed by atoms with van der Waals surface area (Å²) in [5, 5.41) is 0.188. The van der Waals surface area contributed by atoms with Gasteiger partial charge in [-0.2, -0.15) is 0 Å². The van der Waals surface area contributed by atoms with Crippen LogP contribution in [0.5, 0.6) is 0 Å². The molecule has 0 radical (unpaired) electrons. The molecule has 1 unspecified atom stereocenters. The predicted octanol–water partition coefficient (Wildman–Crippen LogP) is 2.73. The van der Waals surface area contributed by atoms with Gasteiger partial charge in [-0.1, -0.05) is 25.6 Å². The highest BCUT2D eigenvalue weighted by Crippen LogP contribution is 2.47. The summed E-state index contributed by atoms with van der Waals surface area (Å²) in [7, 11) is 1.65. The largest absolute Gasteiger partial charge is 0.384 e. The van der Waals surface area contributed by atoms with Gasteiger partial charge < -0.3 is 9.47 Å². The number of rotatable bonds is 7. The molecule has 100 valence electrons. The first-order valence-electron chi connectivity index (χ1n) is 6.07. The highest BCUT2D eigenvalue weighted by atomic mass is 32.2. The summed E-state index contributed by atoms with van der Waals surface area (Å²) in [6.45, 7) is 9.41. The maximum Gasteiger partial charge on any atom is 0.196 e. The molecule has 1 aliphatic carbocycles. The molecular formula is C13H24O3S. The second-order valence-electron chi connectivity index (χ2n) is 6.00. The summed E-state index contributed by atoms with van der Waals surface area (Å²) in [5.74, 6) is 0.716. The van der Waals surface area contributed by atoms with Crippen LogP contribution in [0.2, 0.25) is 0 Å². The molecule has 4 heteroatoms. The van der Waals surface area contributed by atoms with Crippen molar-refractivity contribution in [2.45, 2.75) is 40.2 Å². The maximum atomic E-state index is 12.0. The fraction of sp³-hybridized carbons (Fsp3) is 0.923. The molecular weight excluding hydrogens is 236 g/mol. The third-order valence-electron chi connectivity index (χ3n) is 3.14. The molecule has 0 spiro atoms. The van der Waals surface area contributed by atoms with Crippen LogP contribution in [0.4, 0.5) is 0 Å². The molecule has 1 rings (SSSR count). The molecule has 0 aromatic carbocycles. The number of ether oxygens (including phenoxy) is 2. The van der Waals surface area contributed by atoms with E-state index in [2.05, 4.69) is 13.8 Å². The van der Waals surface area contributed by atoms with E-state index in [1.165, 1.54) is 11.8 Å². The zero-order chi connectivity index (χ0) is 13.1. The lowest BCUT2D eigenvalue weighted by atomic mass is 9.97. The van der Waals surface area contributed by atoms with Gasteiger partial charge in [0.05, 0.1) is 24.7 Å². The second kappa shape index (κ2) is 5.72. The quantitative estimate of drug-likeness (QED) is 0.659. The Bertz CT molecular complexity index is 274. The first kappa shape index (κ1) is 15.0. The van der Waals surface area contributed by atoms with E-state index in [0.29, 0.717) is 30.5 Å². The van der Waals surface area contributed by atoms with Gasteiger partial charge in [0, 0.05) is 12.9 Å². The van der Waals surface area contributed by atoms with Crippen molar-refractivity contribution in [2.24, 2.45) is 10.8 Å². The van der Waals surface area contributed by atoms with Crippen LogP contribution in [0.25, 0.3) is 0 Å². The van der Waals surface area contributed by atoms with Crippen molar-refractivity contribution in [3.63, 3.8) is 0 Å². The van der Waals surface area contributed by atoms with Gasteiger partial charge in [0.15, 0.2) is 5.12 Å². The molecule has 0 saturated heterocycles. The van der Waals surface area contributed by atoms with Crippen LogP contribution >= 0.6 is 11.8 Å². The Labute approximate surface area is 109 Å². The number of carbonyl (C=O) groups excluding carboxylic acids is 1. The smallest absolute Gasteiger partial charge is 0.196 e. The fourth-order valence-corrected chi connectivity index (χ4v) is 2.37. The van der Waals surface area contributed by atoms with Crippen LogP contribution in [0.1, 0.15) is 34.1 Å². The summed E-state index contributed by atoms with van der Waals surface area (Å²) in [5.41, 5.74) is -0.0978. The standard InChI is InChI=1S/C13H24O3S/c1-12(2)8-10(12)16-9-13(3,4)11(14)17-7-6-15-5/h10H,6-9H2,1-5H3. The summed E-state index contributed by atoms with van der Waals surface area (Å²) in [6.07, 6.45) is 1.44. The number of hydrogen-bond donors (Lipinski definition) is 0. The summed E-state index contributed by atoms with van der Waals surface area (Å²) in [4.78, 5) is 12.0. The van der Waals surface area contributed by atoms with Gasteiger partial charge >= 0.3 is 0 Å². The van der Waals surface area contributed by atoms with Crippen molar-refractivity contribution in [3.8, 4) is 0 Å². The van der Waals surface area contributed by atoms with Gasteiger partial charge in [0.1, 0.15) is 0 Å². The van der Waals surface area contributed by atoms with Crippen molar-refractivity contribution < 1.29 is 14.3 Å². The molecule has 0 N–H and O–H groups in total. The summed E-state index contributed by atoms with van der Waals surface area (Å²) in [6, 6.07) is 0. The summed E-state index contributed by atoms with van der Waals surface area (Å²) < 4.78 is 10.7. The van der Waals surface area contributed by atoms with Crippen LogP contribution in [0.15, 0.2) is 0 Å². The Balaban J connectivity index is 2.27. The molecule has 0 bridgehead atoms. The zero-order valence-corrected chi connectivity index (χ0v) is 12.4. The van der Waals surface area contributed by atoms with E-state index >= 15 is 0 Å². The molecule has 17 heavy (non-hydrogen) atoms. The van der Waals surface area contributed by atoms with E-state index in [9.17, 15) is 4.79 Å². The first-order chi connectivity index (χ1) is 7.79. The topological polar surface area (TPSA) is 35.5 Å². The minimum absolute atomic E-state index is 0.188. The first-order valence-corrected chi connectivity index (χ1v) is 7.06. The van der Waals surface area contributed by atoms with Gasteiger partial charge in [-0.05, 0) is 25.7 Å². The summed E-state index contributed by atoms with van der Waals surface area (Å²) >= 11 is 1.34. The van der Waals surface area contributed by atoms with Crippen molar-refractivity contribution in [3.05, 3.63) is 0 Å². The van der Waals surface area contributed by atoms with E-state index < -0.39 is 5.41 Å². The van der Waals surface area contributed by atoms with Gasteiger partial charge in [-0.3, -0.25) is 4.79 Å². The predicted molar refractivity (Wildman–Crippen MR) is 71.3 cm³/mol. The lowest BCUT2D eigenvalue weighted by Crippen LogP contribution is -2.29. The van der Waals surface area contributed by atoms with Gasteiger partial charge in [0.25, 0.3) is 0 Å². The number of thioether (sulfide) groups is 1. The minimum atomic E-state index is -0.406. The second-order valence-corrected chi connectivity index (χ2v) is 7.07. The van der Waals surface area contributed by atoms with Crippen LogP contribution in [0, 0.1) is 10.8 Å². The van der Waals surface area contributed by atoms with Crippen LogP contribution in [-0.4, -0.2) is 37.3 Å². The highest BCUT2D eigenvalue weighted by Gasteiger charge is 2.47. The average molecular weight is 260 g/mol. The molecule has 1 atom stereocenters. The Morgan fingerprint density at radius 3 is 2.53 bits per heavy atom. The molecule has 3 nitrogen and oxygen atoms in total. The minimum Gasteiger partial charge on any atom is -0.384 e. The molecule has 0 aromatic rings. The lowest BCUT2D eigenvalue weighted by molar-refractivity contribution is -0.121. The Morgan fingerprint density at radius 2 is 2.06 bits per heavy atom. The maximum absolute atomic E-state index is 12.0. The van der Waals surface area contributed by atoms with Crippen LogP contribution < -0.4 is 0 Å². The third kappa shape index (κ3) is 4.60. The fourth-order valence-electron chi connectivity index (χ4n) is 1.48. The van der Waals surface area contributed by atoms with Crippen LogP contribution in [0.3, 0.4) is 0 Å². The van der Waals surface area contributed by atoms with Crippen LogP contribution in [-0.2, 0) is 14.3 Å². The highest BCUT2D eigenvalue weighted by molar-refractivity contribution is 8.13. The molecule has 0 aliphatic heterocycles. The van der Waals surface area contributed by atoms with E-state index in [-0.39, 0.29) is 5.12 Å². The van der Waals surface area contributed by atoms with Gasteiger partial charge in [-0.25, -0.2) is 0 Å². The van der Waals surface area contributed by atoms with Crippen molar-refractivity contribution in [1.82, 2.24) is 0 Å². The van der Waals surface area contributed by atoms with Crippen molar-refractivity contribution in [2.75, 3.05) is 26.1 Å². The lowest BCUT2D eigenvalue weighted by Gasteiger charge is -2.22. The van der Waals surface area contributed by atoms with Gasteiger partial charge in [0.2, 0.25) is 0 Å². The Morgan fingerprint density at radius 1 is 1.47 bits per heavy atom. The van der Waals surface area contributed by atoms with Crippen molar-refractivity contribution >= 4 is 16.9 Å². The number of hydrogen-bond acceptors (Lipinski definition) is 4. The average Bonchev–Trinajstić information content (AvgIpc) is 2.84. The number of methoxy groups -OCH3 is 1.